The normalized spacial score (nSPS) is 10.2. The lowest BCUT2D eigenvalue weighted by molar-refractivity contribution is -0.116. The third-order valence-electron chi connectivity index (χ3n) is 2.22. The van der Waals surface area contributed by atoms with Gasteiger partial charge < -0.3 is 5.32 Å². The summed E-state index contributed by atoms with van der Waals surface area (Å²) in [4.78, 5) is 15.7. The molecule has 2 rings (SSSR count). The number of aryl methyl sites for hydroxylation is 1. The maximum absolute atomic E-state index is 12.6. The number of hydrogen-bond acceptors (Lipinski definition) is 3. The van der Waals surface area contributed by atoms with Gasteiger partial charge in [-0.05, 0) is 30.7 Å². The average Bonchev–Trinajstić information content (AvgIpc) is 2.83. The molecule has 0 spiro atoms. The van der Waals surface area contributed by atoms with E-state index in [0.717, 1.165) is 5.69 Å². The van der Waals surface area contributed by atoms with E-state index >= 15 is 0 Å². The van der Waals surface area contributed by atoms with E-state index in [1.165, 1.54) is 35.6 Å². The van der Waals surface area contributed by atoms with Crippen molar-refractivity contribution in [3.05, 3.63) is 46.7 Å². The summed E-state index contributed by atoms with van der Waals surface area (Å²) < 4.78 is 12.6. The van der Waals surface area contributed by atoms with E-state index in [1.54, 1.807) is 5.51 Å². The summed E-state index contributed by atoms with van der Waals surface area (Å²) in [6.07, 6.45) is 0.998. The number of rotatable bonds is 4. The van der Waals surface area contributed by atoms with Gasteiger partial charge in [0.25, 0.3) is 0 Å². The fraction of sp³-hybridized carbons (Fsp3) is 0.167. The first kappa shape index (κ1) is 11.7. The minimum atomic E-state index is -0.314. The van der Waals surface area contributed by atoms with Crippen molar-refractivity contribution in [3.63, 3.8) is 0 Å². The van der Waals surface area contributed by atoms with E-state index in [0.29, 0.717) is 18.5 Å². The molecule has 1 amide bonds. The first-order valence-corrected chi connectivity index (χ1v) is 6.11. The fourth-order valence-electron chi connectivity index (χ4n) is 1.36. The SMILES string of the molecule is O=C(CCc1cscn1)Nc1ccc(F)cc1. The molecule has 0 aliphatic carbocycles. The van der Waals surface area contributed by atoms with Gasteiger partial charge in [-0.15, -0.1) is 11.3 Å². The Kier molecular flexibility index (Phi) is 3.82. The molecule has 2 aromatic rings. The van der Waals surface area contributed by atoms with Crippen LogP contribution in [-0.4, -0.2) is 10.9 Å². The highest BCUT2D eigenvalue weighted by molar-refractivity contribution is 7.07. The Morgan fingerprint density at radius 3 is 2.76 bits per heavy atom. The van der Waals surface area contributed by atoms with Crippen molar-refractivity contribution in [2.45, 2.75) is 12.8 Å². The molecule has 17 heavy (non-hydrogen) atoms. The number of aromatic nitrogens is 1. The molecular weight excluding hydrogens is 239 g/mol. The molecule has 1 aromatic heterocycles. The van der Waals surface area contributed by atoms with Crippen molar-refractivity contribution >= 4 is 22.9 Å². The minimum absolute atomic E-state index is 0.0930. The number of carbonyl (C=O) groups is 1. The zero-order chi connectivity index (χ0) is 12.1. The number of carbonyl (C=O) groups excluding carboxylic acids is 1. The number of nitrogens with zero attached hydrogens (tertiary/aromatic N) is 1. The highest BCUT2D eigenvalue weighted by Crippen LogP contribution is 2.10. The van der Waals surface area contributed by atoms with Gasteiger partial charge >= 0.3 is 0 Å². The van der Waals surface area contributed by atoms with Crippen LogP contribution in [0.3, 0.4) is 0 Å². The smallest absolute Gasteiger partial charge is 0.224 e. The second-order valence-electron chi connectivity index (χ2n) is 3.53. The molecule has 88 valence electrons. The van der Waals surface area contributed by atoms with E-state index in [4.69, 9.17) is 0 Å². The van der Waals surface area contributed by atoms with E-state index in [9.17, 15) is 9.18 Å². The van der Waals surface area contributed by atoms with Crippen LogP contribution in [0.25, 0.3) is 0 Å². The van der Waals surface area contributed by atoms with E-state index in [2.05, 4.69) is 10.3 Å². The maximum Gasteiger partial charge on any atom is 0.224 e. The Labute approximate surface area is 102 Å². The van der Waals surface area contributed by atoms with Gasteiger partial charge in [0.15, 0.2) is 0 Å². The van der Waals surface area contributed by atoms with Crippen LogP contribution in [0.1, 0.15) is 12.1 Å². The van der Waals surface area contributed by atoms with E-state index < -0.39 is 0 Å². The number of nitrogens with one attached hydrogen (secondary N) is 1. The third kappa shape index (κ3) is 3.64. The quantitative estimate of drug-likeness (QED) is 0.906. The van der Waals surface area contributed by atoms with Crippen LogP contribution >= 0.6 is 11.3 Å². The molecule has 1 heterocycles. The standard InChI is InChI=1S/C12H11FN2OS/c13-9-1-3-10(4-2-9)15-12(16)6-5-11-7-17-8-14-11/h1-4,7-8H,5-6H2,(H,15,16). The van der Waals surface area contributed by atoms with Crippen molar-refractivity contribution in [1.82, 2.24) is 4.98 Å². The molecule has 0 saturated carbocycles. The summed E-state index contributed by atoms with van der Waals surface area (Å²) in [5, 5.41) is 4.62. The Balaban J connectivity index is 1.83. The molecule has 0 atom stereocenters. The van der Waals surface area contributed by atoms with Crippen LogP contribution in [0.15, 0.2) is 35.2 Å². The Morgan fingerprint density at radius 1 is 1.35 bits per heavy atom. The van der Waals surface area contributed by atoms with Crippen LogP contribution in [0.5, 0.6) is 0 Å². The third-order valence-corrected chi connectivity index (χ3v) is 2.85. The summed E-state index contributed by atoms with van der Waals surface area (Å²) in [7, 11) is 0. The zero-order valence-electron chi connectivity index (χ0n) is 9.02. The summed E-state index contributed by atoms with van der Waals surface area (Å²) in [6.45, 7) is 0. The molecule has 0 fully saturated rings. The molecule has 3 nitrogen and oxygen atoms in total. The average molecular weight is 250 g/mol. The van der Waals surface area contributed by atoms with E-state index in [1.807, 2.05) is 5.38 Å². The van der Waals surface area contributed by atoms with Gasteiger partial charge in [0.1, 0.15) is 5.82 Å². The van der Waals surface area contributed by atoms with Gasteiger partial charge in [-0.25, -0.2) is 9.37 Å². The molecule has 0 unspecified atom stereocenters. The van der Waals surface area contributed by atoms with Gasteiger partial charge in [0.05, 0.1) is 11.2 Å². The van der Waals surface area contributed by atoms with Crippen LogP contribution < -0.4 is 5.32 Å². The number of hydrogen-bond donors (Lipinski definition) is 1. The summed E-state index contributed by atoms with van der Waals surface area (Å²) in [6, 6.07) is 5.71. The van der Waals surface area contributed by atoms with Crippen molar-refractivity contribution < 1.29 is 9.18 Å². The van der Waals surface area contributed by atoms with Gasteiger partial charge in [-0.1, -0.05) is 0 Å². The van der Waals surface area contributed by atoms with Crippen LogP contribution in [0.2, 0.25) is 0 Å². The second-order valence-corrected chi connectivity index (χ2v) is 4.25. The van der Waals surface area contributed by atoms with E-state index in [-0.39, 0.29) is 11.7 Å². The second kappa shape index (κ2) is 5.54. The Morgan fingerprint density at radius 2 is 2.12 bits per heavy atom. The molecule has 0 saturated heterocycles. The first-order chi connectivity index (χ1) is 8.24. The summed E-state index contributed by atoms with van der Waals surface area (Å²) >= 11 is 1.51. The van der Waals surface area contributed by atoms with Crippen molar-refractivity contribution in [2.24, 2.45) is 0 Å². The Bertz CT molecular complexity index is 482. The molecule has 5 heteroatoms. The monoisotopic (exact) mass is 250 g/mol. The van der Waals surface area contributed by atoms with Gasteiger partial charge in [0, 0.05) is 17.5 Å². The topological polar surface area (TPSA) is 42.0 Å². The minimum Gasteiger partial charge on any atom is -0.326 e. The lowest BCUT2D eigenvalue weighted by Gasteiger charge is -2.03. The first-order valence-electron chi connectivity index (χ1n) is 5.16. The van der Waals surface area contributed by atoms with Gasteiger partial charge in [-0.3, -0.25) is 4.79 Å². The maximum atomic E-state index is 12.6. The van der Waals surface area contributed by atoms with Gasteiger partial charge in [0.2, 0.25) is 5.91 Å². The largest absolute Gasteiger partial charge is 0.326 e. The number of anilines is 1. The van der Waals surface area contributed by atoms with Crippen molar-refractivity contribution in [1.29, 1.82) is 0 Å². The number of benzene rings is 1. The zero-order valence-corrected chi connectivity index (χ0v) is 9.84. The summed E-state index contributed by atoms with van der Waals surface area (Å²) in [5.74, 6) is -0.407. The molecule has 0 aliphatic heterocycles. The molecule has 0 bridgehead atoms. The molecule has 0 radical (unpaired) electrons. The lowest BCUT2D eigenvalue weighted by Crippen LogP contribution is -2.12. The Hall–Kier alpha value is -1.75. The number of amides is 1. The fourth-order valence-corrected chi connectivity index (χ4v) is 1.95. The predicted octanol–water partition coefficient (Wildman–Crippen LogP) is 2.85. The predicted molar refractivity (Wildman–Crippen MR) is 65.5 cm³/mol. The van der Waals surface area contributed by atoms with Gasteiger partial charge in [-0.2, -0.15) is 0 Å². The molecule has 0 aliphatic rings. The number of thiazole rings is 1. The molecule has 1 aromatic carbocycles. The highest BCUT2D eigenvalue weighted by Gasteiger charge is 2.04. The lowest BCUT2D eigenvalue weighted by atomic mass is 10.2. The van der Waals surface area contributed by atoms with Crippen molar-refractivity contribution in [2.75, 3.05) is 5.32 Å². The van der Waals surface area contributed by atoms with Crippen LogP contribution in [-0.2, 0) is 11.2 Å². The van der Waals surface area contributed by atoms with Crippen LogP contribution in [0.4, 0.5) is 10.1 Å². The van der Waals surface area contributed by atoms with Crippen LogP contribution in [0, 0.1) is 5.82 Å². The highest BCUT2D eigenvalue weighted by atomic mass is 32.1. The molecule has 1 N–H and O–H groups in total. The number of halogens is 1. The molecular formula is C12H11FN2OS. The summed E-state index contributed by atoms with van der Waals surface area (Å²) in [5.41, 5.74) is 3.27. The van der Waals surface area contributed by atoms with Crippen molar-refractivity contribution in [3.8, 4) is 0 Å².